The largest absolute Gasteiger partial charge is 0.531 e. The molecule has 2 aliphatic heterocycles. The Kier molecular flexibility index (Phi) is 6.79. The summed E-state index contributed by atoms with van der Waals surface area (Å²) in [5.41, 5.74) is 2.17. The first-order valence-electron chi connectivity index (χ1n) is 13.9. The molecule has 1 amide bonds. The van der Waals surface area contributed by atoms with Gasteiger partial charge in [0.15, 0.2) is 11.4 Å². The van der Waals surface area contributed by atoms with Crippen molar-refractivity contribution < 1.29 is 22.3 Å². The average molecular weight is 591 g/mol. The molecule has 0 radical (unpaired) electrons. The minimum atomic E-state index is -4.02. The number of quaternary nitrogens is 1. The molecule has 6 rings (SSSR count). The third kappa shape index (κ3) is 4.61. The minimum Gasteiger partial charge on any atom is -0.413 e. The molecule has 42 heavy (non-hydrogen) atoms. The predicted octanol–water partition coefficient (Wildman–Crippen LogP) is 6.43. The van der Waals surface area contributed by atoms with Gasteiger partial charge in [0.2, 0.25) is 10.0 Å². The first-order valence-corrected chi connectivity index (χ1v) is 15.4. The summed E-state index contributed by atoms with van der Waals surface area (Å²) in [5.74, 6) is 0.399. The topological polar surface area (TPSA) is 94.4 Å². The molecule has 11 heteroatoms. The zero-order valence-electron chi connectivity index (χ0n) is 24.0. The van der Waals surface area contributed by atoms with E-state index in [1.165, 1.54) is 34.8 Å². The third-order valence-electron chi connectivity index (χ3n) is 7.85. The number of benzene rings is 2. The van der Waals surface area contributed by atoms with Crippen molar-refractivity contribution in [3.05, 3.63) is 90.4 Å². The van der Waals surface area contributed by atoms with Crippen LogP contribution in [-0.2, 0) is 14.8 Å². The van der Waals surface area contributed by atoms with Crippen LogP contribution in [0.3, 0.4) is 0 Å². The molecule has 0 aliphatic carbocycles. The fourth-order valence-electron chi connectivity index (χ4n) is 6.00. The van der Waals surface area contributed by atoms with Crippen molar-refractivity contribution >= 4 is 43.4 Å². The van der Waals surface area contributed by atoms with Gasteiger partial charge in [-0.05, 0) is 64.8 Å². The van der Waals surface area contributed by atoms with E-state index in [2.05, 4.69) is 14.5 Å². The Balaban J connectivity index is 1.39. The zero-order valence-corrected chi connectivity index (χ0v) is 24.8. The van der Waals surface area contributed by atoms with Crippen molar-refractivity contribution in [2.75, 3.05) is 13.1 Å². The summed E-state index contributed by atoms with van der Waals surface area (Å²) in [6, 6.07) is 14.4. The standard InChI is InChI=1S/C31H33FN5O4S/c1-21-34-26-19-33-16-13-27(26)36(21)23-14-17-35(18-15-23)42(39,40)29-20-37(30(38)41-31(2,3)4,24-11-9-22(32)10-12-24)28-8-6-5-7-25(28)29/h5-13,16,19-20,23H,14-15,17-18H2,1-4H3/q+1. The van der Waals surface area contributed by atoms with Gasteiger partial charge in [-0.25, -0.2) is 17.8 Å². The number of halogens is 1. The van der Waals surface area contributed by atoms with Crippen molar-refractivity contribution in [3.8, 4) is 0 Å². The summed E-state index contributed by atoms with van der Waals surface area (Å²) in [5, 5.41) is 0. The van der Waals surface area contributed by atoms with Crippen molar-refractivity contribution in [1.29, 1.82) is 0 Å². The Labute approximate surface area is 244 Å². The lowest BCUT2D eigenvalue weighted by molar-refractivity contribution is 0.0417. The Hall–Kier alpha value is -3.93. The van der Waals surface area contributed by atoms with E-state index in [1.54, 1.807) is 57.4 Å². The number of fused-ring (bicyclic) bond motifs is 2. The lowest BCUT2D eigenvalue weighted by atomic mass is 10.1. The number of amides is 1. The Bertz CT molecular complexity index is 1820. The molecule has 1 unspecified atom stereocenters. The summed E-state index contributed by atoms with van der Waals surface area (Å²) in [7, 11) is -4.02. The van der Waals surface area contributed by atoms with E-state index in [9.17, 15) is 17.6 Å². The third-order valence-corrected chi connectivity index (χ3v) is 9.78. The molecule has 1 fully saturated rings. The van der Waals surface area contributed by atoms with Gasteiger partial charge in [0.1, 0.15) is 33.9 Å². The highest BCUT2D eigenvalue weighted by Crippen LogP contribution is 2.50. The number of ether oxygens (including phenoxy) is 1. The molecular weight excluding hydrogens is 557 g/mol. The Morgan fingerprint density at radius 3 is 2.43 bits per heavy atom. The summed E-state index contributed by atoms with van der Waals surface area (Å²) in [6.45, 7) is 7.82. The molecule has 4 heterocycles. The van der Waals surface area contributed by atoms with Crippen LogP contribution >= 0.6 is 0 Å². The number of imidazole rings is 1. The van der Waals surface area contributed by atoms with Crippen molar-refractivity contribution in [3.63, 3.8) is 0 Å². The van der Waals surface area contributed by atoms with Crippen LogP contribution in [0, 0.1) is 12.7 Å². The SMILES string of the molecule is Cc1nc2cnccc2n1C1CCN(S(=O)(=O)C2=C[N+](C(=O)OC(C)(C)C)(c3ccc(F)cc3)c3ccccc32)CC1. The number of aryl methyl sites for hydroxylation is 1. The number of aromatic nitrogens is 3. The lowest BCUT2D eigenvalue weighted by Crippen LogP contribution is -2.47. The van der Waals surface area contributed by atoms with Crippen molar-refractivity contribution in [2.24, 2.45) is 0 Å². The van der Waals surface area contributed by atoms with Gasteiger partial charge in [-0.3, -0.25) is 4.98 Å². The summed E-state index contributed by atoms with van der Waals surface area (Å²) in [4.78, 5) is 22.8. The van der Waals surface area contributed by atoms with Gasteiger partial charge >= 0.3 is 6.09 Å². The second-order valence-electron chi connectivity index (χ2n) is 11.7. The molecule has 0 saturated carbocycles. The first-order chi connectivity index (χ1) is 19.9. The van der Waals surface area contributed by atoms with E-state index in [1.807, 2.05) is 13.0 Å². The second-order valence-corrected chi connectivity index (χ2v) is 13.6. The average Bonchev–Trinajstić information content (AvgIpc) is 3.48. The molecule has 2 aromatic carbocycles. The highest BCUT2D eigenvalue weighted by atomic mass is 32.2. The van der Waals surface area contributed by atoms with E-state index in [-0.39, 0.29) is 10.9 Å². The number of carbonyl (C=O) groups excluding carboxylic acids is 1. The second kappa shape index (κ2) is 10.1. The van der Waals surface area contributed by atoms with E-state index >= 15 is 0 Å². The molecule has 0 N–H and O–H groups in total. The fraction of sp³-hybridized carbons (Fsp3) is 0.323. The monoisotopic (exact) mass is 590 g/mol. The van der Waals surface area contributed by atoms with E-state index < -0.39 is 32.0 Å². The molecule has 0 spiro atoms. The number of piperidine rings is 1. The van der Waals surface area contributed by atoms with Crippen LogP contribution in [0.25, 0.3) is 15.9 Å². The lowest BCUT2D eigenvalue weighted by Gasteiger charge is -2.32. The van der Waals surface area contributed by atoms with Crippen LogP contribution in [0.1, 0.15) is 51.0 Å². The Morgan fingerprint density at radius 2 is 1.74 bits per heavy atom. The molecule has 9 nitrogen and oxygen atoms in total. The summed E-state index contributed by atoms with van der Waals surface area (Å²) in [6.07, 6.45) is 5.44. The van der Waals surface area contributed by atoms with Gasteiger partial charge in [-0.15, -0.1) is 4.48 Å². The number of sulfonamides is 1. The van der Waals surface area contributed by atoms with Gasteiger partial charge in [-0.1, -0.05) is 12.1 Å². The van der Waals surface area contributed by atoms with Crippen molar-refractivity contribution in [1.82, 2.24) is 23.3 Å². The summed E-state index contributed by atoms with van der Waals surface area (Å²) >= 11 is 0. The van der Waals surface area contributed by atoms with Crippen LogP contribution in [0.5, 0.6) is 0 Å². The Morgan fingerprint density at radius 1 is 1.05 bits per heavy atom. The number of para-hydroxylation sites is 1. The zero-order chi connectivity index (χ0) is 29.9. The van der Waals surface area contributed by atoms with E-state index in [0.717, 1.165) is 16.9 Å². The maximum atomic E-state index is 14.3. The molecule has 2 aliphatic rings. The molecule has 0 bridgehead atoms. The van der Waals surface area contributed by atoms with Gasteiger partial charge < -0.3 is 9.30 Å². The van der Waals surface area contributed by atoms with Crippen LogP contribution in [0.15, 0.2) is 73.2 Å². The molecule has 2 aromatic heterocycles. The highest BCUT2D eigenvalue weighted by Gasteiger charge is 2.53. The van der Waals surface area contributed by atoms with Crippen LogP contribution < -0.4 is 4.48 Å². The van der Waals surface area contributed by atoms with Crippen LogP contribution in [-0.4, -0.2) is 52.0 Å². The van der Waals surface area contributed by atoms with Gasteiger partial charge in [0, 0.05) is 43.5 Å². The van der Waals surface area contributed by atoms with E-state index in [4.69, 9.17) is 4.74 Å². The number of rotatable bonds is 4. The molecule has 1 atom stereocenters. The number of nitrogens with zero attached hydrogens (tertiary/aromatic N) is 5. The molecular formula is C31H33FN5O4S+. The number of pyridine rings is 1. The van der Waals surface area contributed by atoms with E-state index in [0.29, 0.717) is 42.9 Å². The maximum Gasteiger partial charge on any atom is 0.531 e. The molecule has 4 aromatic rings. The normalized spacial score (nSPS) is 20.0. The first kappa shape index (κ1) is 28.2. The van der Waals surface area contributed by atoms with Crippen LogP contribution in [0.4, 0.5) is 20.6 Å². The summed E-state index contributed by atoms with van der Waals surface area (Å²) < 4.78 is 51.5. The predicted molar refractivity (Wildman–Crippen MR) is 160 cm³/mol. The number of hydrogen-bond acceptors (Lipinski definition) is 6. The van der Waals surface area contributed by atoms with Gasteiger partial charge in [0.05, 0.1) is 17.3 Å². The highest BCUT2D eigenvalue weighted by molar-refractivity contribution is 7.98. The quantitative estimate of drug-likeness (QED) is 0.254. The van der Waals surface area contributed by atoms with Gasteiger partial charge in [0.25, 0.3) is 0 Å². The fourth-order valence-corrected chi connectivity index (χ4v) is 7.71. The smallest absolute Gasteiger partial charge is 0.413 e. The van der Waals surface area contributed by atoms with Crippen LogP contribution in [0.2, 0.25) is 0 Å². The minimum absolute atomic E-state index is 0.0297. The maximum absolute atomic E-state index is 14.3. The molecule has 218 valence electrons. The molecule has 1 saturated heterocycles. The number of carbonyl (C=O) groups is 1. The van der Waals surface area contributed by atoms with Gasteiger partial charge in [-0.2, -0.15) is 9.10 Å². The van der Waals surface area contributed by atoms with Crippen molar-refractivity contribution in [2.45, 2.75) is 52.2 Å². The number of hydrogen-bond donors (Lipinski definition) is 0.